The summed E-state index contributed by atoms with van der Waals surface area (Å²) in [7, 11) is -4.29. The summed E-state index contributed by atoms with van der Waals surface area (Å²) >= 11 is 0. The van der Waals surface area contributed by atoms with E-state index in [0.29, 0.717) is 0 Å². The molecular formula is C19H27NO2SSi. The quantitative estimate of drug-likeness (QED) is 0.798. The van der Waals surface area contributed by atoms with Crippen molar-refractivity contribution >= 4 is 28.8 Å². The maximum atomic E-state index is 11.5. The summed E-state index contributed by atoms with van der Waals surface area (Å²) in [5.74, 6) is 0.0826. The molecule has 0 amide bonds. The lowest BCUT2D eigenvalue weighted by atomic mass is 10.1. The van der Waals surface area contributed by atoms with E-state index in [9.17, 15) is 8.42 Å². The third-order valence-electron chi connectivity index (χ3n) is 4.17. The third-order valence-corrected chi connectivity index (χ3v) is 7.07. The van der Waals surface area contributed by atoms with Gasteiger partial charge in [-0.15, -0.1) is 0 Å². The maximum Gasteiger partial charge on any atom is 0.151 e. The molecule has 0 saturated carbocycles. The Morgan fingerprint density at radius 1 is 1.00 bits per heavy atom. The Balaban J connectivity index is 2.11. The average Bonchev–Trinajstić information content (AvgIpc) is 2.46. The van der Waals surface area contributed by atoms with Crippen molar-refractivity contribution in [2.45, 2.75) is 38.9 Å². The van der Waals surface area contributed by atoms with Crippen LogP contribution in [0.25, 0.3) is 0 Å². The van der Waals surface area contributed by atoms with Crippen molar-refractivity contribution < 1.29 is 8.42 Å². The predicted octanol–water partition coefficient (Wildman–Crippen LogP) is 3.70. The molecule has 1 N–H and O–H groups in total. The highest BCUT2D eigenvalue weighted by Gasteiger charge is 2.15. The Morgan fingerprint density at radius 2 is 1.62 bits per heavy atom. The molecule has 0 fully saturated rings. The molecule has 0 aliphatic heterocycles. The Morgan fingerprint density at radius 3 is 2.17 bits per heavy atom. The van der Waals surface area contributed by atoms with E-state index in [-0.39, 0.29) is 5.75 Å². The topological polar surface area (TPSA) is 46.2 Å². The lowest BCUT2D eigenvalue weighted by molar-refractivity contribution is 0.601. The third kappa shape index (κ3) is 5.21. The minimum absolute atomic E-state index is 0.0826. The lowest BCUT2D eigenvalue weighted by Gasteiger charge is -2.17. The molecule has 0 radical (unpaired) electrons. The van der Waals surface area contributed by atoms with E-state index >= 15 is 0 Å². The monoisotopic (exact) mass is 361 g/mol. The van der Waals surface area contributed by atoms with Crippen molar-refractivity contribution in [2.24, 2.45) is 0 Å². The van der Waals surface area contributed by atoms with Gasteiger partial charge in [0.1, 0.15) is 0 Å². The normalized spacial score (nSPS) is 12.2. The van der Waals surface area contributed by atoms with E-state index in [4.69, 9.17) is 0 Å². The van der Waals surface area contributed by atoms with Crippen LogP contribution in [0.3, 0.4) is 0 Å². The van der Waals surface area contributed by atoms with Crippen molar-refractivity contribution in [3.05, 3.63) is 59.2 Å². The van der Waals surface area contributed by atoms with Crippen molar-refractivity contribution in [3.8, 4) is 0 Å². The average molecular weight is 362 g/mol. The molecule has 2 aromatic rings. The van der Waals surface area contributed by atoms with Crippen molar-refractivity contribution in [3.63, 3.8) is 0 Å². The standard InChI is InChI=1S/C19H27NO2SSi/c1-15-17(14-23(2,21)22)7-6-8-19(15)20-13-16-9-11-18(12-10-16)24(3,4)5/h6-12,20H,13-14H2,1-5H3. The first-order chi connectivity index (χ1) is 11.1. The summed E-state index contributed by atoms with van der Waals surface area (Å²) in [6.45, 7) is 9.73. The van der Waals surface area contributed by atoms with Gasteiger partial charge in [-0.1, -0.05) is 61.2 Å². The minimum atomic E-state index is -3.03. The zero-order valence-corrected chi connectivity index (χ0v) is 17.0. The molecule has 24 heavy (non-hydrogen) atoms. The van der Waals surface area contributed by atoms with Crippen LogP contribution < -0.4 is 10.5 Å². The highest BCUT2D eigenvalue weighted by Crippen LogP contribution is 2.21. The number of hydrogen-bond acceptors (Lipinski definition) is 3. The number of anilines is 1. The molecular weight excluding hydrogens is 334 g/mol. The Labute approximate surface area is 147 Å². The van der Waals surface area contributed by atoms with E-state index in [0.717, 1.165) is 23.4 Å². The van der Waals surface area contributed by atoms with Crippen LogP contribution in [0, 0.1) is 6.92 Å². The molecule has 2 rings (SSSR count). The first-order valence-corrected chi connectivity index (χ1v) is 13.7. The van der Waals surface area contributed by atoms with E-state index in [2.05, 4.69) is 49.2 Å². The summed E-state index contributed by atoms with van der Waals surface area (Å²) in [4.78, 5) is 0. The molecule has 0 heterocycles. The number of sulfone groups is 1. The Hall–Kier alpha value is -1.59. The number of rotatable bonds is 6. The Bertz CT molecular complexity index is 806. The van der Waals surface area contributed by atoms with Gasteiger partial charge in [0.15, 0.2) is 9.84 Å². The van der Waals surface area contributed by atoms with Crippen LogP contribution in [0.15, 0.2) is 42.5 Å². The van der Waals surface area contributed by atoms with Gasteiger partial charge >= 0.3 is 0 Å². The van der Waals surface area contributed by atoms with Crippen LogP contribution in [0.2, 0.25) is 19.6 Å². The van der Waals surface area contributed by atoms with Gasteiger partial charge in [-0.3, -0.25) is 0 Å². The molecule has 0 aliphatic carbocycles. The van der Waals surface area contributed by atoms with Gasteiger partial charge in [-0.2, -0.15) is 0 Å². The second kappa shape index (κ2) is 7.11. The fourth-order valence-electron chi connectivity index (χ4n) is 2.63. The zero-order valence-electron chi connectivity index (χ0n) is 15.2. The van der Waals surface area contributed by atoms with Gasteiger partial charge in [0.2, 0.25) is 0 Å². The van der Waals surface area contributed by atoms with Crippen LogP contribution in [0.1, 0.15) is 16.7 Å². The van der Waals surface area contributed by atoms with Crippen LogP contribution in [-0.2, 0) is 22.1 Å². The van der Waals surface area contributed by atoms with Gasteiger partial charge in [0.25, 0.3) is 0 Å². The second-order valence-electron chi connectivity index (χ2n) is 7.46. The largest absolute Gasteiger partial charge is 0.381 e. The van der Waals surface area contributed by atoms with E-state index in [1.165, 1.54) is 17.0 Å². The van der Waals surface area contributed by atoms with Gasteiger partial charge < -0.3 is 5.32 Å². The molecule has 0 atom stereocenters. The Kier molecular flexibility index (Phi) is 5.55. The van der Waals surface area contributed by atoms with Crippen LogP contribution in [-0.4, -0.2) is 22.7 Å². The summed E-state index contributed by atoms with van der Waals surface area (Å²) in [6, 6.07) is 14.6. The molecule has 0 spiro atoms. The van der Waals surface area contributed by atoms with Crippen LogP contribution in [0.4, 0.5) is 5.69 Å². The summed E-state index contributed by atoms with van der Waals surface area (Å²) in [5, 5.41) is 4.89. The molecule has 0 bridgehead atoms. The summed E-state index contributed by atoms with van der Waals surface area (Å²) < 4.78 is 23.1. The second-order valence-corrected chi connectivity index (χ2v) is 14.7. The van der Waals surface area contributed by atoms with Crippen molar-refractivity contribution in [1.82, 2.24) is 0 Å². The molecule has 0 saturated heterocycles. The molecule has 3 nitrogen and oxygen atoms in total. The fourth-order valence-corrected chi connectivity index (χ4v) is 4.68. The number of benzene rings is 2. The zero-order chi connectivity index (χ0) is 18.0. The first-order valence-electron chi connectivity index (χ1n) is 8.16. The van der Waals surface area contributed by atoms with E-state index < -0.39 is 17.9 Å². The van der Waals surface area contributed by atoms with Crippen molar-refractivity contribution in [2.75, 3.05) is 11.6 Å². The smallest absolute Gasteiger partial charge is 0.151 e. The van der Waals surface area contributed by atoms with Crippen molar-refractivity contribution in [1.29, 1.82) is 0 Å². The lowest BCUT2D eigenvalue weighted by Crippen LogP contribution is -2.37. The highest BCUT2D eigenvalue weighted by atomic mass is 32.2. The minimum Gasteiger partial charge on any atom is -0.381 e. The molecule has 5 heteroatoms. The first kappa shape index (κ1) is 18.7. The fraction of sp³-hybridized carbons (Fsp3) is 0.368. The molecule has 2 aromatic carbocycles. The van der Waals surface area contributed by atoms with E-state index in [1.54, 1.807) is 0 Å². The van der Waals surface area contributed by atoms with Gasteiger partial charge in [-0.05, 0) is 29.7 Å². The number of nitrogens with one attached hydrogen (secondary N) is 1. The molecule has 0 aliphatic rings. The number of hydrogen-bond donors (Lipinski definition) is 1. The van der Waals surface area contributed by atoms with Gasteiger partial charge in [-0.25, -0.2) is 8.42 Å². The highest BCUT2D eigenvalue weighted by molar-refractivity contribution is 7.89. The molecule has 0 aromatic heterocycles. The summed E-state index contributed by atoms with van der Waals surface area (Å²) in [5.41, 5.74) is 4.08. The van der Waals surface area contributed by atoms with Crippen LogP contribution in [0.5, 0.6) is 0 Å². The van der Waals surface area contributed by atoms with E-state index in [1.807, 2.05) is 25.1 Å². The van der Waals surface area contributed by atoms with Gasteiger partial charge in [0.05, 0.1) is 13.8 Å². The SMILES string of the molecule is Cc1c(CS(C)(=O)=O)cccc1NCc1ccc([Si](C)(C)C)cc1. The summed E-state index contributed by atoms with van der Waals surface area (Å²) in [6.07, 6.45) is 1.27. The maximum absolute atomic E-state index is 11.5. The molecule has 130 valence electrons. The van der Waals surface area contributed by atoms with Gasteiger partial charge in [0, 0.05) is 18.5 Å². The molecule has 0 unspecified atom stereocenters. The predicted molar refractivity (Wildman–Crippen MR) is 106 cm³/mol. The van der Waals surface area contributed by atoms with Crippen LogP contribution >= 0.6 is 0 Å².